The van der Waals surface area contributed by atoms with Crippen LogP contribution in [-0.4, -0.2) is 20.4 Å². The summed E-state index contributed by atoms with van der Waals surface area (Å²) < 4.78 is 0. The first kappa shape index (κ1) is 11.5. The van der Waals surface area contributed by atoms with E-state index in [-0.39, 0.29) is 28.7 Å². The van der Waals surface area contributed by atoms with Crippen LogP contribution >= 0.6 is 0 Å². The van der Waals surface area contributed by atoms with Crippen molar-refractivity contribution in [1.29, 1.82) is 0 Å². The molecule has 1 fully saturated rings. The van der Waals surface area contributed by atoms with Gasteiger partial charge in [-0.2, -0.15) is 4.98 Å². The molecule has 8 nitrogen and oxygen atoms in total. The molecule has 0 radical (unpaired) electrons. The van der Waals surface area contributed by atoms with E-state index in [1.54, 1.807) is 6.92 Å². The molecular weight excluding hydrogens is 224 g/mol. The molecule has 1 aromatic rings. The average Bonchev–Trinajstić information content (AvgIpc) is 2.94. The van der Waals surface area contributed by atoms with Gasteiger partial charge in [-0.15, -0.1) is 0 Å². The number of nitrogen functional groups attached to an aromatic ring is 1. The minimum atomic E-state index is -0.482. The third kappa shape index (κ3) is 2.26. The number of nitro groups is 1. The van der Waals surface area contributed by atoms with Crippen LogP contribution in [0, 0.1) is 17.0 Å². The monoisotopic (exact) mass is 238 g/mol. The maximum atomic E-state index is 11.0. The van der Waals surface area contributed by atoms with E-state index in [2.05, 4.69) is 20.7 Å². The Hall–Kier alpha value is -1.96. The summed E-state index contributed by atoms with van der Waals surface area (Å²) >= 11 is 0. The van der Waals surface area contributed by atoms with Gasteiger partial charge in [-0.1, -0.05) is 0 Å². The van der Waals surface area contributed by atoms with E-state index in [9.17, 15) is 10.1 Å². The van der Waals surface area contributed by atoms with Crippen molar-refractivity contribution in [3.8, 4) is 0 Å². The Kier molecular flexibility index (Phi) is 2.58. The molecule has 0 saturated heterocycles. The summed E-state index contributed by atoms with van der Waals surface area (Å²) in [5.74, 6) is 5.61. The second kappa shape index (κ2) is 3.81. The molecule has 17 heavy (non-hydrogen) atoms. The number of aromatic nitrogens is 2. The van der Waals surface area contributed by atoms with Crippen molar-refractivity contribution in [2.45, 2.75) is 32.2 Å². The van der Waals surface area contributed by atoms with Gasteiger partial charge in [0.2, 0.25) is 11.8 Å². The number of nitrogens with one attached hydrogen (secondary N) is 2. The standard InChI is InChI=1S/C9H14N6O2/c1-5-6(15(16)17)7(12-8(11-5)14-10)13-9(2)3-4-9/h3-4,10H2,1-2H3,(H2,11,12,13,14). The highest BCUT2D eigenvalue weighted by Gasteiger charge is 2.39. The minimum Gasteiger partial charge on any atom is -0.359 e. The van der Waals surface area contributed by atoms with Crippen LogP contribution in [0.5, 0.6) is 0 Å². The molecule has 0 spiro atoms. The zero-order chi connectivity index (χ0) is 12.6. The van der Waals surface area contributed by atoms with Crippen molar-refractivity contribution in [2.75, 3.05) is 10.7 Å². The lowest BCUT2D eigenvalue weighted by Crippen LogP contribution is -2.20. The molecule has 0 amide bonds. The Labute approximate surface area is 97.8 Å². The fraction of sp³-hybridized carbons (Fsp3) is 0.556. The van der Waals surface area contributed by atoms with Crippen LogP contribution in [0.2, 0.25) is 0 Å². The first-order valence-corrected chi connectivity index (χ1v) is 5.23. The molecular formula is C9H14N6O2. The normalized spacial score (nSPS) is 16.4. The number of rotatable bonds is 4. The van der Waals surface area contributed by atoms with Crippen LogP contribution < -0.4 is 16.6 Å². The highest BCUT2D eigenvalue weighted by atomic mass is 16.6. The molecule has 0 bridgehead atoms. The van der Waals surface area contributed by atoms with Crippen molar-refractivity contribution < 1.29 is 4.92 Å². The van der Waals surface area contributed by atoms with E-state index >= 15 is 0 Å². The molecule has 1 heterocycles. The first-order chi connectivity index (χ1) is 7.95. The Balaban J connectivity index is 2.44. The van der Waals surface area contributed by atoms with Gasteiger partial charge in [0.05, 0.1) is 4.92 Å². The number of anilines is 2. The molecule has 1 saturated carbocycles. The van der Waals surface area contributed by atoms with E-state index in [4.69, 9.17) is 5.84 Å². The lowest BCUT2D eigenvalue weighted by molar-refractivity contribution is -0.385. The van der Waals surface area contributed by atoms with Gasteiger partial charge in [-0.3, -0.25) is 15.5 Å². The van der Waals surface area contributed by atoms with E-state index in [0.29, 0.717) is 0 Å². The van der Waals surface area contributed by atoms with Crippen molar-refractivity contribution in [1.82, 2.24) is 9.97 Å². The van der Waals surface area contributed by atoms with E-state index in [1.165, 1.54) is 0 Å². The SMILES string of the molecule is Cc1nc(NN)nc(NC2(C)CC2)c1[N+](=O)[O-]. The molecule has 1 aliphatic carbocycles. The van der Waals surface area contributed by atoms with E-state index in [0.717, 1.165) is 12.8 Å². The maximum absolute atomic E-state index is 11.0. The van der Waals surface area contributed by atoms with Crippen LogP contribution in [-0.2, 0) is 0 Å². The fourth-order valence-electron chi connectivity index (χ4n) is 1.54. The molecule has 1 aromatic heterocycles. The van der Waals surface area contributed by atoms with Gasteiger partial charge in [0.25, 0.3) is 0 Å². The number of nitrogens with two attached hydrogens (primary N) is 1. The zero-order valence-electron chi connectivity index (χ0n) is 9.65. The fourth-order valence-corrected chi connectivity index (χ4v) is 1.54. The van der Waals surface area contributed by atoms with Crippen LogP contribution in [0.25, 0.3) is 0 Å². The summed E-state index contributed by atoms with van der Waals surface area (Å²) in [6.07, 6.45) is 1.94. The van der Waals surface area contributed by atoms with E-state index < -0.39 is 4.92 Å². The topological polar surface area (TPSA) is 119 Å². The quantitative estimate of drug-likeness (QED) is 0.405. The second-order valence-electron chi connectivity index (χ2n) is 4.42. The molecule has 0 unspecified atom stereocenters. The minimum absolute atomic E-state index is 0.0998. The third-order valence-corrected chi connectivity index (χ3v) is 2.79. The number of hydrazine groups is 1. The summed E-state index contributed by atoms with van der Waals surface area (Å²) in [4.78, 5) is 18.4. The number of aryl methyl sites for hydroxylation is 1. The Bertz CT molecular complexity index is 471. The molecule has 0 atom stereocenters. The number of hydrogen-bond donors (Lipinski definition) is 3. The number of nitrogens with zero attached hydrogens (tertiary/aromatic N) is 3. The van der Waals surface area contributed by atoms with Crippen molar-refractivity contribution >= 4 is 17.5 Å². The molecule has 0 aromatic carbocycles. The maximum Gasteiger partial charge on any atom is 0.332 e. The zero-order valence-corrected chi connectivity index (χ0v) is 9.65. The van der Waals surface area contributed by atoms with Gasteiger partial charge in [-0.05, 0) is 26.7 Å². The van der Waals surface area contributed by atoms with Crippen LogP contribution in [0.3, 0.4) is 0 Å². The largest absolute Gasteiger partial charge is 0.359 e. The lowest BCUT2D eigenvalue weighted by Gasteiger charge is -2.13. The predicted molar refractivity (Wildman–Crippen MR) is 62.5 cm³/mol. The summed E-state index contributed by atoms with van der Waals surface area (Å²) in [5, 5.41) is 14.1. The van der Waals surface area contributed by atoms with Crippen molar-refractivity contribution in [3.05, 3.63) is 15.8 Å². The van der Waals surface area contributed by atoms with Crippen LogP contribution in [0.4, 0.5) is 17.5 Å². The van der Waals surface area contributed by atoms with Gasteiger partial charge < -0.3 is 5.32 Å². The summed E-state index contributed by atoms with van der Waals surface area (Å²) in [6.45, 7) is 3.55. The van der Waals surface area contributed by atoms with Gasteiger partial charge >= 0.3 is 5.69 Å². The molecule has 0 aliphatic heterocycles. The molecule has 92 valence electrons. The Morgan fingerprint density at radius 1 is 1.47 bits per heavy atom. The molecule has 2 rings (SSSR count). The average molecular weight is 238 g/mol. The summed E-state index contributed by atoms with van der Waals surface area (Å²) in [6, 6.07) is 0. The van der Waals surface area contributed by atoms with Gasteiger partial charge in [0, 0.05) is 5.54 Å². The van der Waals surface area contributed by atoms with Crippen molar-refractivity contribution in [3.63, 3.8) is 0 Å². The van der Waals surface area contributed by atoms with Crippen molar-refractivity contribution in [2.24, 2.45) is 5.84 Å². The highest BCUT2D eigenvalue weighted by molar-refractivity contribution is 5.62. The summed E-state index contributed by atoms with van der Waals surface area (Å²) in [7, 11) is 0. The lowest BCUT2D eigenvalue weighted by atomic mass is 10.3. The van der Waals surface area contributed by atoms with E-state index in [1.807, 2.05) is 6.92 Å². The molecule has 1 aliphatic rings. The van der Waals surface area contributed by atoms with Gasteiger partial charge in [-0.25, -0.2) is 10.8 Å². The molecule has 8 heteroatoms. The van der Waals surface area contributed by atoms with Crippen LogP contribution in [0.15, 0.2) is 0 Å². The van der Waals surface area contributed by atoms with Gasteiger partial charge in [0.15, 0.2) is 0 Å². The third-order valence-electron chi connectivity index (χ3n) is 2.79. The highest BCUT2D eigenvalue weighted by Crippen LogP contribution is 2.40. The van der Waals surface area contributed by atoms with Gasteiger partial charge in [0.1, 0.15) is 5.69 Å². The summed E-state index contributed by atoms with van der Waals surface area (Å²) in [5.41, 5.74) is 2.38. The Morgan fingerprint density at radius 3 is 2.59 bits per heavy atom. The second-order valence-corrected chi connectivity index (χ2v) is 4.42. The smallest absolute Gasteiger partial charge is 0.332 e. The Morgan fingerprint density at radius 2 is 2.12 bits per heavy atom. The molecule has 4 N–H and O–H groups in total. The first-order valence-electron chi connectivity index (χ1n) is 5.23. The number of hydrogen-bond acceptors (Lipinski definition) is 7. The predicted octanol–water partition coefficient (Wildman–Crippen LogP) is 0.943. The van der Waals surface area contributed by atoms with Crippen LogP contribution in [0.1, 0.15) is 25.5 Å².